The second-order valence-corrected chi connectivity index (χ2v) is 6.45. The molecule has 1 aliphatic carbocycles. The minimum Gasteiger partial charge on any atom is -0.465 e. The first-order chi connectivity index (χ1) is 9.43. The molecule has 0 bridgehead atoms. The molecule has 1 aliphatic rings. The molecular weight excluding hydrogens is 252 g/mol. The lowest BCUT2D eigenvalue weighted by molar-refractivity contribution is -0.146. The van der Waals surface area contributed by atoms with Gasteiger partial charge in [0.1, 0.15) is 6.04 Å². The first kappa shape index (κ1) is 17.4. The highest BCUT2D eigenvalue weighted by Gasteiger charge is 2.27. The fourth-order valence-corrected chi connectivity index (χ4v) is 2.40. The first-order valence-electron chi connectivity index (χ1n) is 8.10. The SMILES string of the molecule is CCOC(=O)C(CCN(CC1CC1)C(C)C)NC(C)C. The molecule has 1 saturated carbocycles. The highest BCUT2D eigenvalue weighted by Crippen LogP contribution is 2.30. The summed E-state index contributed by atoms with van der Waals surface area (Å²) >= 11 is 0. The van der Waals surface area contributed by atoms with Crippen molar-refractivity contribution in [2.75, 3.05) is 19.7 Å². The molecule has 0 aromatic rings. The van der Waals surface area contributed by atoms with E-state index in [0.717, 1.165) is 18.9 Å². The maximum atomic E-state index is 12.0. The Morgan fingerprint density at radius 2 is 1.95 bits per heavy atom. The molecule has 20 heavy (non-hydrogen) atoms. The van der Waals surface area contributed by atoms with Crippen LogP contribution in [0.25, 0.3) is 0 Å². The summed E-state index contributed by atoms with van der Waals surface area (Å²) in [5.74, 6) is 0.771. The zero-order chi connectivity index (χ0) is 15.1. The molecule has 1 fully saturated rings. The van der Waals surface area contributed by atoms with E-state index >= 15 is 0 Å². The summed E-state index contributed by atoms with van der Waals surface area (Å²) in [6.45, 7) is 13.0. The van der Waals surface area contributed by atoms with E-state index in [9.17, 15) is 4.79 Å². The summed E-state index contributed by atoms with van der Waals surface area (Å²) < 4.78 is 5.17. The van der Waals surface area contributed by atoms with Crippen LogP contribution in [0.4, 0.5) is 0 Å². The predicted octanol–water partition coefficient (Wildman–Crippen LogP) is 2.43. The van der Waals surface area contributed by atoms with Crippen molar-refractivity contribution in [3.63, 3.8) is 0 Å². The van der Waals surface area contributed by atoms with E-state index in [2.05, 4.69) is 37.9 Å². The van der Waals surface area contributed by atoms with Gasteiger partial charge in [0.2, 0.25) is 0 Å². The van der Waals surface area contributed by atoms with E-state index in [-0.39, 0.29) is 12.0 Å². The fraction of sp³-hybridized carbons (Fsp3) is 0.938. The normalized spacial score (nSPS) is 17.0. The zero-order valence-electron chi connectivity index (χ0n) is 13.8. The van der Waals surface area contributed by atoms with Crippen LogP contribution in [0.5, 0.6) is 0 Å². The van der Waals surface area contributed by atoms with Crippen LogP contribution >= 0.6 is 0 Å². The number of nitrogens with one attached hydrogen (secondary N) is 1. The zero-order valence-corrected chi connectivity index (χ0v) is 13.8. The molecule has 1 rings (SSSR count). The van der Waals surface area contributed by atoms with Gasteiger partial charge in [0.15, 0.2) is 0 Å². The van der Waals surface area contributed by atoms with Gasteiger partial charge in [-0.15, -0.1) is 0 Å². The molecule has 1 N–H and O–H groups in total. The van der Waals surface area contributed by atoms with Crippen molar-refractivity contribution in [2.24, 2.45) is 5.92 Å². The average Bonchev–Trinajstić information content (AvgIpc) is 3.16. The second kappa shape index (κ2) is 8.63. The standard InChI is InChI=1S/C16H32N2O2/c1-6-20-16(19)15(17-12(2)3)9-10-18(13(4)5)11-14-7-8-14/h12-15,17H,6-11H2,1-5H3. The quantitative estimate of drug-likeness (QED) is 0.626. The van der Waals surface area contributed by atoms with Crippen molar-refractivity contribution in [1.29, 1.82) is 0 Å². The van der Waals surface area contributed by atoms with Gasteiger partial charge in [-0.3, -0.25) is 4.79 Å². The van der Waals surface area contributed by atoms with Gasteiger partial charge in [-0.05, 0) is 46.0 Å². The molecule has 0 amide bonds. The van der Waals surface area contributed by atoms with Crippen LogP contribution in [0.1, 0.15) is 53.9 Å². The van der Waals surface area contributed by atoms with E-state index in [1.54, 1.807) is 0 Å². The molecule has 118 valence electrons. The van der Waals surface area contributed by atoms with Crippen LogP contribution < -0.4 is 5.32 Å². The fourth-order valence-electron chi connectivity index (χ4n) is 2.40. The number of carbonyl (C=O) groups excluding carboxylic acids is 1. The largest absolute Gasteiger partial charge is 0.465 e. The number of ether oxygens (including phenoxy) is 1. The number of hydrogen-bond donors (Lipinski definition) is 1. The first-order valence-corrected chi connectivity index (χ1v) is 8.10. The Kier molecular flexibility index (Phi) is 7.52. The lowest BCUT2D eigenvalue weighted by atomic mass is 10.1. The van der Waals surface area contributed by atoms with Crippen LogP contribution in [0, 0.1) is 5.92 Å². The van der Waals surface area contributed by atoms with Gasteiger partial charge >= 0.3 is 5.97 Å². The van der Waals surface area contributed by atoms with Gasteiger partial charge in [0.25, 0.3) is 0 Å². The molecule has 1 unspecified atom stereocenters. The lowest BCUT2D eigenvalue weighted by Crippen LogP contribution is -2.45. The Bertz CT molecular complexity index is 288. The third-order valence-electron chi connectivity index (χ3n) is 3.73. The molecule has 4 heteroatoms. The molecule has 0 saturated heterocycles. The summed E-state index contributed by atoms with van der Waals surface area (Å²) in [4.78, 5) is 14.5. The van der Waals surface area contributed by atoms with Gasteiger partial charge in [-0.25, -0.2) is 0 Å². The highest BCUT2D eigenvalue weighted by atomic mass is 16.5. The van der Waals surface area contributed by atoms with Gasteiger partial charge in [0.05, 0.1) is 6.61 Å². The number of esters is 1. The molecule has 0 aromatic heterocycles. The molecule has 4 nitrogen and oxygen atoms in total. The van der Waals surface area contributed by atoms with Crippen LogP contribution in [0.15, 0.2) is 0 Å². The topological polar surface area (TPSA) is 41.6 Å². The van der Waals surface area contributed by atoms with E-state index in [1.165, 1.54) is 19.4 Å². The van der Waals surface area contributed by atoms with Crippen molar-refractivity contribution in [2.45, 2.75) is 72.0 Å². The Labute approximate surface area is 124 Å². The van der Waals surface area contributed by atoms with Crippen LogP contribution in [-0.4, -0.2) is 48.7 Å². The monoisotopic (exact) mass is 284 g/mol. The van der Waals surface area contributed by atoms with E-state index < -0.39 is 0 Å². The molecular formula is C16H32N2O2. The van der Waals surface area contributed by atoms with Crippen molar-refractivity contribution < 1.29 is 9.53 Å². The Morgan fingerprint density at radius 1 is 1.30 bits per heavy atom. The maximum absolute atomic E-state index is 12.0. The third kappa shape index (κ3) is 6.71. The molecule has 0 spiro atoms. The molecule has 0 aliphatic heterocycles. The summed E-state index contributed by atoms with van der Waals surface area (Å²) in [6.07, 6.45) is 3.56. The van der Waals surface area contributed by atoms with Crippen LogP contribution in [0.3, 0.4) is 0 Å². The van der Waals surface area contributed by atoms with Crippen LogP contribution in [-0.2, 0) is 9.53 Å². The van der Waals surface area contributed by atoms with E-state index in [1.807, 2.05) is 6.92 Å². The summed E-state index contributed by atoms with van der Waals surface area (Å²) in [5, 5.41) is 3.33. The van der Waals surface area contributed by atoms with Crippen molar-refractivity contribution >= 4 is 5.97 Å². The Balaban J connectivity index is 2.46. The van der Waals surface area contributed by atoms with Gasteiger partial charge < -0.3 is 15.0 Å². The number of nitrogens with zero attached hydrogens (tertiary/aromatic N) is 1. The third-order valence-corrected chi connectivity index (χ3v) is 3.73. The molecule has 0 aromatic carbocycles. The lowest BCUT2D eigenvalue weighted by Gasteiger charge is -2.28. The minimum absolute atomic E-state index is 0.115. The maximum Gasteiger partial charge on any atom is 0.323 e. The van der Waals surface area contributed by atoms with E-state index in [4.69, 9.17) is 4.74 Å². The second-order valence-electron chi connectivity index (χ2n) is 6.45. The van der Waals surface area contributed by atoms with Crippen molar-refractivity contribution in [1.82, 2.24) is 10.2 Å². The highest BCUT2D eigenvalue weighted by molar-refractivity contribution is 5.75. The minimum atomic E-state index is -0.185. The number of carbonyl (C=O) groups is 1. The van der Waals surface area contributed by atoms with Gasteiger partial charge in [0, 0.05) is 25.2 Å². The molecule has 0 radical (unpaired) electrons. The average molecular weight is 284 g/mol. The Morgan fingerprint density at radius 3 is 2.40 bits per heavy atom. The summed E-state index contributed by atoms with van der Waals surface area (Å²) in [6, 6.07) is 0.647. The predicted molar refractivity (Wildman–Crippen MR) is 82.7 cm³/mol. The van der Waals surface area contributed by atoms with Gasteiger partial charge in [-0.1, -0.05) is 13.8 Å². The van der Waals surface area contributed by atoms with Crippen LogP contribution in [0.2, 0.25) is 0 Å². The summed E-state index contributed by atoms with van der Waals surface area (Å²) in [7, 11) is 0. The van der Waals surface area contributed by atoms with E-state index in [0.29, 0.717) is 18.7 Å². The number of hydrogen-bond acceptors (Lipinski definition) is 4. The smallest absolute Gasteiger partial charge is 0.323 e. The number of rotatable bonds is 10. The van der Waals surface area contributed by atoms with Crippen molar-refractivity contribution in [3.05, 3.63) is 0 Å². The van der Waals surface area contributed by atoms with Gasteiger partial charge in [-0.2, -0.15) is 0 Å². The molecule has 0 heterocycles. The summed E-state index contributed by atoms with van der Waals surface area (Å²) in [5.41, 5.74) is 0. The Hall–Kier alpha value is -0.610. The molecule has 1 atom stereocenters. The van der Waals surface area contributed by atoms with Crippen molar-refractivity contribution in [3.8, 4) is 0 Å².